The van der Waals surface area contributed by atoms with Crippen molar-refractivity contribution in [2.75, 3.05) is 31.1 Å². The molecule has 10 heteroatoms. The number of aromatic nitrogens is 4. The molecule has 0 radical (unpaired) electrons. The molecule has 3 N–H and O–H groups in total. The standard InChI is InChI=1S/C27H30FN7O2/c1-34-13-21(19-9-18(36)6-7-22(19)34)24-23(28)25-20(10-30-24)26(35-11-15-4-5-16(12-35)31-15)33-27(32-25)37-14-17-3-2-8-29-17/h6-7,9-10,13,15-17,29,31,36H,2-5,8,11-12,14H2,1H3/t15?,16?,17-/m0/s1. The molecule has 6 heterocycles. The van der Waals surface area contributed by atoms with Crippen LogP contribution in [0.5, 0.6) is 11.8 Å². The van der Waals surface area contributed by atoms with E-state index >= 15 is 4.39 Å². The number of hydrogen-bond acceptors (Lipinski definition) is 8. The Labute approximate surface area is 213 Å². The lowest BCUT2D eigenvalue weighted by molar-refractivity contribution is 0.258. The maximum atomic E-state index is 16.3. The molecule has 3 saturated heterocycles. The number of anilines is 1. The largest absolute Gasteiger partial charge is 0.508 e. The molecule has 37 heavy (non-hydrogen) atoms. The lowest BCUT2D eigenvalue weighted by Gasteiger charge is -2.34. The third-order valence-electron chi connectivity index (χ3n) is 7.96. The number of halogens is 1. The van der Waals surface area contributed by atoms with Crippen LogP contribution in [0.1, 0.15) is 25.7 Å². The van der Waals surface area contributed by atoms with Crippen molar-refractivity contribution >= 4 is 27.6 Å². The number of rotatable bonds is 5. The highest BCUT2D eigenvalue weighted by Crippen LogP contribution is 2.37. The van der Waals surface area contributed by atoms with Crippen molar-refractivity contribution in [1.82, 2.24) is 30.2 Å². The number of nitrogens with zero attached hydrogens (tertiary/aromatic N) is 5. The van der Waals surface area contributed by atoms with Crippen molar-refractivity contribution in [2.45, 2.75) is 43.8 Å². The molecule has 3 atom stereocenters. The fourth-order valence-electron chi connectivity index (χ4n) is 6.13. The van der Waals surface area contributed by atoms with Gasteiger partial charge in [0.25, 0.3) is 0 Å². The highest BCUT2D eigenvalue weighted by atomic mass is 19.1. The lowest BCUT2D eigenvalue weighted by atomic mass is 10.1. The van der Waals surface area contributed by atoms with Gasteiger partial charge in [-0.1, -0.05) is 0 Å². The number of nitrogens with one attached hydrogen (secondary N) is 2. The molecule has 9 nitrogen and oxygen atoms in total. The van der Waals surface area contributed by atoms with Crippen molar-refractivity contribution in [3.63, 3.8) is 0 Å². The zero-order valence-corrected chi connectivity index (χ0v) is 20.7. The number of ether oxygens (including phenoxy) is 1. The summed E-state index contributed by atoms with van der Waals surface area (Å²) in [4.78, 5) is 16.1. The Bertz CT molecular complexity index is 1490. The average Bonchev–Trinajstić information content (AvgIpc) is 3.62. The van der Waals surface area contributed by atoms with Gasteiger partial charge in [0.2, 0.25) is 0 Å². The summed E-state index contributed by atoms with van der Waals surface area (Å²) in [5, 5.41) is 18.5. The van der Waals surface area contributed by atoms with Gasteiger partial charge >= 0.3 is 6.01 Å². The third kappa shape index (κ3) is 3.95. The second kappa shape index (κ2) is 8.81. The number of aromatic hydroxyl groups is 1. The summed E-state index contributed by atoms with van der Waals surface area (Å²) in [5.74, 6) is 0.278. The van der Waals surface area contributed by atoms with E-state index in [1.165, 1.54) is 0 Å². The molecule has 4 aromatic rings. The Kier molecular flexibility index (Phi) is 5.40. The van der Waals surface area contributed by atoms with Gasteiger partial charge in [-0.3, -0.25) is 4.98 Å². The molecule has 3 fully saturated rings. The van der Waals surface area contributed by atoms with E-state index in [1.807, 2.05) is 23.9 Å². The SMILES string of the molecule is Cn1cc(-c2ncc3c(N4CC5CCC(C4)N5)nc(OC[C@@H]4CCCN4)nc3c2F)c2cc(O)ccc21. The first-order chi connectivity index (χ1) is 18.0. The number of fused-ring (bicyclic) bond motifs is 4. The minimum absolute atomic E-state index is 0.121. The molecule has 0 aliphatic carbocycles. The normalized spacial score (nSPS) is 23.4. The number of pyridine rings is 1. The molecule has 3 aliphatic heterocycles. The van der Waals surface area contributed by atoms with Gasteiger partial charge in [-0.15, -0.1) is 0 Å². The minimum atomic E-state index is -0.515. The highest BCUT2D eigenvalue weighted by molar-refractivity contribution is 5.99. The van der Waals surface area contributed by atoms with Crippen molar-refractivity contribution < 1.29 is 14.2 Å². The molecule has 3 aliphatic rings. The number of phenolic OH excluding ortho intramolecular Hbond substituents is 1. The highest BCUT2D eigenvalue weighted by Gasteiger charge is 2.34. The van der Waals surface area contributed by atoms with Gasteiger partial charge < -0.3 is 29.9 Å². The summed E-state index contributed by atoms with van der Waals surface area (Å²) in [6.45, 7) is 3.03. The summed E-state index contributed by atoms with van der Waals surface area (Å²) in [5.41, 5.74) is 1.87. The third-order valence-corrected chi connectivity index (χ3v) is 7.96. The molecule has 2 unspecified atom stereocenters. The second-order valence-electron chi connectivity index (χ2n) is 10.5. The van der Waals surface area contributed by atoms with E-state index in [9.17, 15) is 5.11 Å². The number of benzene rings is 1. The zero-order valence-electron chi connectivity index (χ0n) is 20.7. The molecule has 0 saturated carbocycles. The monoisotopic (exact) mass is 503 g/mol. The van der Waals surface area contributed by atoms with Gasteiger partial charge in [0, 0.05) is 67.1 Å². The molecular weight excluding hydrogens is 473 g/mol. The lowest BCUT2D eigenvalue weighted by Crippen LogP contribution is -2.51. The van der Waals surface area contributed by atoms with Gasteiger partial charge in [-0.25, -0.2) is 4.39 Å². The second-order valence-corrected chi connectivity index (χ2v) is 10.5. The van der Waals surface area contributed by atoms with Crippen LogP contribution < -0.4 is 20.3 Å². The van der Waals surface area contributed by atoms with Crippen LogP contribution in [0.4, 0.5) is 10.2 Å². The van der Waals surface area contributed by atoms with Crippen molar-refractivity contribution in [3.05, 3.63) is 36.4 Å². The van der Waals surface area contributed by atoms with Crippen LogP contribution in [-0.4, -0.2) is 69.0 Å². The molecule has 7 rings (SSSR count). The van der Waals surface area contributed by atoms with Crippen LogP contribution in [0.15, 0.2) is 30.6 Å². The Balaban J connectivity index is 1.36. The maximum absolute atomic E-state index is 16.3. The molecule has 2 bridgehead atoms. The van der Waals surface area contributed by atoms with E-state index in [0.29, 0.717) is 35.5 Å². The smallest absolute Gasteiger partial charge is 0.319 e. The minimum Gasteiger partial charge on any atom is -0.508 e. The van der Waals surface area contributed by atoms with Crippen LogP contribution in [0.3, 0.4) is 0 Å². The van der Waals surface area contributed by atoms with Crippen molar-refractivity contribution in [3.8, 4) is 23.0 Å². The van der Waals surface area contributed by atoms with Gasteiger partial charge in [-0.05, 0) is 50.4 Å². The first-order valence-electron chi connectivity index (χ1n) is 13.1. The Morgan fingerprint density at radius 3 is 2.76 bits per heavy atom. The molecule has 1 aromatic carbocycles. The fraction of sp³-hybridized carbons (Fsp3) is 0.444. The van der Waals surface area contributed by atoms with Crippen LogP contribution in [0.2, 0.25) is 0 Å². The summed E-state index contributed by atoms with van der Waals surface area (Å²) in [7, 11) is 1.89. The predicted molar refractivity (Wildman–Crippen MR) is 140 cm³/mol. The van der Waals surface area contributed by atoms with E-state index in [0.717, 1.165) is 56.2 Å². The van der Waals surface area contributed by atoms with E-state index in [-0.39, 0.29) is 29.0 Å². The maximum Gasteiger partial charge on any atom is 0.319 e. The summed E-state index contributed by atoms with van der Waals surface area (Å²) in [6, 6.07) is 6.32. The summed E-state index contributed by atoms with van der Waals surface area (Å²) < 4.78 is 24.2. The van der Waals surface area contributed by atoms with E-state index < -0.39 is 5.82 Å². The molecular formula is C27H30FN7O2. The Morgan fingerprint density at radius 1 is 1.14 bits per heavy atom. The van der Waals surface area contributed by atoms with E-state index in [1.54, 1.807) is 18.3 Å². The zero-order chi connectivity index (χ0) is 25.1. The molecule has 192 valence electrons. The van der Waals surface area contributed by atoms with Crippen LogP contribution in [0, 0.1) is 5.82 Å². The van der Waals surface area contributed by atoms with Crippen LogP contribution in [0.25, 0.3) is 33.1 Å². The predicted octanol–water partition coefficient (Wildman–Crippen LogP) is 3.10. The van der Waals surface area contributed by atoms with Crippen LogP contribution >= 0.6 is 0 Å². The fourth-order valence-corrected chi connectivity index (χ4v) is 6.13. The van der Waals surface area contributed by atoms with E-state index in [4.69, 9.17) is 9.72 Å². The number of piperazine rings is 1. The molecule has 0 amide bonds. The van der Waals surface area contributed by atoms with Crippen molar-refractivity contribution in [1.29, 1.82) is 0 Å². The van der Waals surface area contributed by atoms with Crippen LogP contribution in [-0.2, 0) is 7.05 Å². The number of hydrogen-bond donors (Lipinski definition) is 3. The number of aryl methyl sites for hydroxylation is 1. The Morgan fingerprint density at radius 2 is 1.97 bits per heavy atom. The van der Waals surface area contributed by atoms with E-state index in [2.05, 4.69) is 25.5 Å². The molecule has 3 aromatic heterocycles. The van der Waals surface area contributed by atoms with Gasteiger partial charge in [0.15, 0.2) is 5.82 Å². The first kappa shape index (κ1) is 22.7. The summed E-state index contributed by atoms with van der Waals surface area (Å²) in [6.07, 6.45) is 7.93. The Hall–Kier alpha value is -3.50. The topological polar surface area (TPSA) is 100 Å². The first-order valence-corrected chi connectivity index (χ1v) is 13.1. The number of phenols is 1. The summed E-state index contributed by atoms with van der Waals surface area (Å²) >= 11 is 0. The average molecular weight is 504 g/mol. The molecule has 0 spiro atoms. The quantitative estimate of drug-likeness (QED) is 0.382. The van der Waals surface area contributed by atoms with Gasteiger partial charge in [-0.2, -0.15) is 9.97 Å². The van der Waals surface area contributed by atoms with Gasteiger partial charge in [0.1, 0.15) is 29.4 Å². The van der Waals surface area contributed by atoms with Crippen molar-refractivity contribution in [2.24, 2.45) is 7.05 Å². The van der Waals surface area contributed by atoms with Gasteiger partial charge in [0.05, 0.1) is 5.39 Å².